The third kappa shape index (κ3) is 2.30. The van der Waals surface area contributed by atoms with Gasteiger partial charge in [0, 0.05) is 5.56 Å². The van der Waals surface area contributed by atoms with E-state index in [1.165, 1.54) is 0 Å². The lowest BCUT2D eigenvalue weighted by atomic mass is 10.0. The van der Waals surface area contributed by atoms with Crippen molar-refractivity contribution in [2.75, 3.05) is 0 Å². The van der Waals surface area contributed by atoms with E-state index in [4.69, 9.17) is 10.3 Å². The molecule has 0 aliphatic carbocycles. The molecule has 3 rings (SSSR count). The molecule has 0 saturated carbocycles. The molecule has 2 N–H and O–H groups in total. The maximum atomic E-state index is 6.02. The van der Waals surface area contributed by atoms with Gasteiger partial charge in [0.1, 0.15) is 0 Å². The molecule has 1 heterocycles. The minimum absolute atomic E-state index is 0.160. The Morgan fingerprint density at radius 1 is 1.15 bits per heavy atom. The number of benzene rings is 2. The Kier molecular flexibility index (Phi) is 3.48. The zero-order chi connectivity index (χ0) is 13.9. The number of nitrogens with two attached hydrogens (primary N) is 1. The summed E-state index contributed by atoms with van der Waals surface area (Å²) in [4.78, 5) is 4.45. The van der Waals surface area contributed by atoms with E-state index in [0.717, 1.165) is 29.2 Å². The fourth-order valence-corrected chi connectivity index (χ4v) is 2.35. The van der Waals surface area contributed by atoms with Gasteiger partial charge in [-0.25, -0.2) is 0 Å². The zero-order valence-electron chi connectivity index (χ0n) is 11.4. The van der Waals surface area contributed by atoms with Crippen molar-refractivity contribution in [2.24, 2.45) is 5.73 Å². The summed E-state index contributed by atoms with van der Waals surface area (Å²) in [5, 5.41) is 6.27. The average molecular weight is 267 g/mol. The number of fused-ring (bicyclic) bond motifs is 1. The van der Waals surface area contributed by atoms with Gasteiger partial charge in [-0.05, 0) is 23.3 Å². The van der Waals surface area contributed by atoms with Crippen molar-refractivity contribution in [3.05, 3.63) is 48.3 Å². The fraction of sp³-hybridized carbons (Fsp3) is 0.250. The summed E-state index contributed by atoms with van der Waals surface area (Å²) < 4.78 is 5.39. The van der Waals surface area contributed by atoms with Gasteiger partial charge in [0.05, 0.1) is 6.04 Å². The minimum Gasteiger partial charge on any atom is -0.334 e. The number of nitrogens with zero attached hydrogens (tertiary/aromatic N) is 2. The number of rotatable bonds is 4. The van der Waals surface area contributed by atoms with Crippen LogP contribution in [0.15, 0.2) is 47.0 Å². The molecule has 102 valence electrons. The van der Waals surface area contributed by atoms with Crippen LogP contribution in [0.25, 0.3) is 22.2 Å². The van der Waals surface area contributed by atoms with Crippen LogP contribution in [0.1, 0.15) is 31.6 Å². The van der Waals surface area contributed by atoms with E-state index in [0.29, 0.717) is 11.7 Å². The molecular weight excluding hydrogens is 250 g/mol. The van der Waals surface area contributed by atoms with Crippen molar-refractivity contribution >= 4 is 10.8 Å². The maximum absolute atomic E-state index is 6.02. The third-order valence-electron chi connectivity index (χ3n) is 3.39. The highest BCUT2D eigenvalue weighted by Crippen LogP contribution is 2.28. The fourth-order valence-electron chi connectivity index (χ4n) is 2.35. The van der Waals surface area contributed by atoms with Crippen LogP contribution >= 0.6 is 0 Å². The van der Waals surface area contributed by atoms with Crippen molar-refractivity contribution in [2.45, 2.75) is 25.8 Å². The molecule has 3 aromatic rings. The summed E-state index contributed by atoms with van der Waals surface area (Å²) in [7, 11) is 0. The molecule has 0 aliphatic rings. The normalized spacial score (nSPS) is 12.7. The van der Waals surface area contributed by atoms with Gasteiger partial charge in [0.25, 0.3) is 5.89 Å². The predicted octanol–water partition coefficient (Wildman–Crippen LogP) is 3.69. The quantitative estimate of drug-likeness (QED) is 0.783. The zero-order valence-corrected chi connectivity index (χ0v) is 11.4. The van der Waals surface area contributed by atoms with Gasteiger partial charge in [0.15, 0.2) is 5.82 Å². The molecule has 0 amide bonds. The van der Waals surface area contributed by atoms with E-state index in [9.17, 15) is 0 Å². The average Bonchev–Trinajstić information content (AvgIpc) is 2.97. The van der Waals surface area contributed by atoms with Crippen LogP contribution in [0.4, 0.5) is 0 Å². The molecule has 2 aromatic carbocycles. The van der Waals surface area contributed by atoms with E-state index in [2.05, 4.69) is 35.3 Å². The van der Waals surface area contributed by atoms with Crippen LogP contribution in [0, 0.1) is 0 Å². The Labute approximate surface area is 117 Å². The largest absolute Gasteiger partial charge is 0.334 e. The predicted molar refractivity (Wildman–Crippen MR) is 79.1 cm³/mol. The molecule has 0 saturated heterocycles. The van der Waals surface area contributed by atoms with Gasteiger partial charge in [-0.2, -0.15) is 4.98 Å². The van der Waals surface area contributed by atoms with Gasteiger partial charge in [-0.1, -0.05) is 54.9 Å². The molecule has 0 aliphatic heterocycles. The molecule has 0 fully saturated rings. The van der Waals surface area contributed by atoms with Crippen molar-refractivity contribution in [3.63, 3.8) is 0 Å². The number of hydrogen-bond acceptors (Lipinski definition) is 4. The Bertz CT molecular complexity index is 715. The minimum atomic E-state index is -0.160. The second-order valence-corrected chi connectivity index (χ2v) is 4.88. The summed E-state index contributed by atoms with van der Waals surface area (Å²) in [6, 6.07) is 14.0. The summed E-state index contributed by atoms with van der Waals surface area (Å²) in [6.45, 7) is 2.09. The third-order valence-corrected chi connectivity index (χ3v) is 3.39. The van der Waals surface area contributed by atoms with E-state index < -0.39 is 0 Å². The van der Waals surface area contributed by atoms with E-state index in [1.807, 2.05) is 24.3 Å². The highest BCUT2D eigenvalue weighted by atomic mass is 16.5. The second-order valence-electron chi connectivity index (χ2n) is 4.88. The summed E-state index contributed by atoms with van der Waals surface area (Å²) in [5.41, 5.74) is 6.97. The van der Waals surface area contributed by atoms with Gasteiger partial charge in [-0.3, -0.25) is 0 Å². The highest BCUT2D eigenvalue weighted by molar-refractivity contribution is 5.94. The van der Waals surface area contributed by atoms with Gasteiger partial charge >= 0.3 is 0 Å². The lowest BCUT2D eigenvalue weighted by molar-refractivity contribution is 0.413. The van der Waals surface area contributed by atoms with E-state index >= 15 is 0 Å². The van der Waals surface area contributed by atoms with Crippen molar-refractivity contribution in [1.29, 1.82) is 0 Å². The van der Waals surface area contributed by atoms with Crippen molar-refractivity contribution in [3.8, 4) is 11.5 Å². The van der Waals surface area contributed by atoms with Crippen molar-refractivity contribution < 1.29 is 4.52 Å². The molecule has 1 unspecified atom stereocenters. The molecule has 20 heavy (non-hydrogen) atoms. The lowest BCUT2D eigenvalue weighted by Crippen LogP contribution is -2.11. The standard InChI is InChI=1S/C16H17N3O/c1-2-6-14(17)15-18-16(20-19-15)13-10-5-8-11-7-3-4-9-12(11)13/h3-5,7-10,14H,2,6,17H2,1H3. The van der Waals surface area contributed by atoms with Crippen LogP contribution in [0.2, 0.25) is 0 Å². The maximum Gasteiger partial charge on any atom is 0.258 e. The van der Waals surface area contributed by atoms with E-state index in [1.54, 1.807) is 0 Å². The second kappa shape index (κ2) is 5.43. The summed E-state index contributed by atoms with van der Waals surface area (Å²) in [5.74, 6) is 1.11. The molecule has 0 radical (unpaired) electrons. The van der Waals surface area contributed by atoms with Gasteiger partial charge in [0.2, 0.25) is 0 Å². The lowest BCUT2D eigenvalue weighted by Gasteiger charge is -2.03. The first-order chi connectivity index (χ1) is 9.79. The first kappa shape index (κ1) is 12.8. The summed E-state index contributed by atoms with van der Waals surface area (Å²) in [6.07, 6.45) is 1.85. The monoisotopic (exact) mass is 267 g/mol. The molecule has 0 spiro atoms. The van der Waals surface area contributed by atoms with Crippen LogP contribution in [0.5, 0.6) is 0 Å². The number of aromatic nitrogens is 2. The number of hydrogen-bond donors (Lipinski definition) is 1. The Morgan fingerprint density at radius 2 is 1.95 bits per heavy atom. The Hall–Kier alpha value is -2.20. The molecule has 1 aromatic heterocycles. The molecule has 4 nitrogen and oxygen atoms in total. The Morgan fingerprint density at radius 3 is 2.80 bits per heavy atom. The smallest absolute Gasteiger partial charge is 0.258 e. The van der Waals surface area contributed by atoms with Gasteiger partial charge < -0.3 is 10.3 Å². The topological polar surface area (TPSA) is 64.9 Å². The van der Waals surface area contributed by atoms with Crippen LogP contribution in [-0.4, -0.2) is 10.1 Å². The highest BCUT2D eigenvalue weighted by Gasteiger charge is 2.15. The van der Waals surface area contributed by atoms with Crippen LogP contribution in [-0.2, 0) is 0 Å². The van der Waals surface area contributed by atoms with E-state index in [-0.39, 0.29) is 6.04 Å². The summed E-state index contributed by atoms with van der Waals surface area (Å²) >= 11 is 0. The van der Waals surface area contributed by atoms with Crippen LogP contribution < -0.4 is 5.73 Å². The van der Waals surface area contributed by atoms with Gasteiger partial charge in [-0.15, -0.1) is 0 Å². The first-order valence-electron chi connectivity index (χ1n) is 6.87. The van der Waals surface area contributed by atoms with Crippen molar-refractivity contribution in [1.82, 2.24) is 10.1 Å². The molecular formula is C16H17N3O. The SMILES string of the molecule is CCCC(N)c1noc(-c2cccc3ccccc23)n1. The molecule has 4 heteroatoms. The first-order valence-corrected chi connectivity index (χ1v) is 6.87. The van der Waals surface area contributed by atoms with Crippen LogP contribution in [0.3, 0.4) is 0 Å². The Balaban J connectivity index is 2.03. The molecule has 1 atom stereocenters. The molecule has 0 bridgehead atoms.